The molecule has 148 valence electrons. The molecule has 2 unspecified atom stereocenters. The van der Waals surface area contributed by atoms with Crippen molar-refractivity contribution in [3.8, 4) is 0 Å². The fourth-order valence-electron chi connectivity index (χ4n) is 4.63. The highest BCUT2D eigenvalue weighted by atomic mass is 14.5. The molecule has 2 aliphatic carbocycles. The fraction of sp³-hybridized carbons (Fsp3) is 0.241. The van der Waals surface area contributed by atoms with Gasteiger partial charge < -0.3 is 0 Å². The first-order valence-corrected chi connectivity index (χ1v) is 10.8. The average Bonchev–Trinajstić information content (AvgIpc) is 3.07. The zero-order valence-corrected chi connectivity index (χ0v) is 18.2. The van der Waals surface area contributed by atoms with Gasteiger partial charge in [0, 0.05) is 0 Å². The van der Waals surface area contributed by atoms with Crippen molar-refractivity contribution in [1.82, 2.24) is 0 Å². The molecule has 29 heavy (non-hydrogen) atoms. The van der Waals surface area contributed by atoms with Crippen LogP contribution in [0.15, 0.2) is 109 Å². The molecule has 0 heteroatoms. The second-order valence-corrected chi connectivity index (χ2v) is 7.42. The van der Waals surface area contributed by atoms with Crippen molar-refractivity contribution >= 4 is 5.57 Å². The minimum Gasteiger partial charge on any atom is -0.0987 e. The molecule has 0 bridgehead atoms. The summed E-state index contributed by atoms with van der Waals surface area (Å²) in [4.78, 5) is 0. The second-order valence-electron chi connectivity index (χ2n) is 7.42. The van der Waals surface area contributed by atoms with Crippen LogP contribution in [-0.2, 0) is 5.41 Å². The molecule has 0 heterocycles. The van der Waals surface area contributed by atoms with E-state index in [0.29, 0.717) is 5.92 Å². The number of fused-ring (bicyclic) bond motifs is 1. The summed E-state index contributed by atoms with van der Waals surface area (Å²) in [5.74, 6) is 0.587. The van der Waals surface area contributed by atoms with E-state index in [1.165, 1.54) is 33.4 Å². The summed E-state index contributed by atoms with van der Waals surface area (Å²) in [5, 5.41) is 0. The molecule has 0 N–H and O–H groups in total. The van der Waals surface area contributed by atoms with E-state index in [9.17, 15) is 0 Å². The van der Waals surface area contributed by atoms with Gasteiger partial charge in [0.2, 0.25) is 0 Å². The highest BCUT2D eigenvalue weighted by molar-refractivity contribution is 5.92. The van der Waals surface area contributed by atoms with Gasteiger partial charge in [0.25, 0.3) is 0 Å². The summed E-state index contributed by atoms with van der Waals surface area (Å²) in [6.07, 6.45) is 14.6. The fourth-order valence-corrected chi connectivity index (χ4v) is 4.63. The van der Waals surface area contributed by atoms with Gasteiger partial charge in [-0.1, -0.05) is 118 Å². The Balaban J connectivity index is 0.00000117. The van der Waals surface area contributed by atoms with Gasteiger partial charge in [0.1, 0.15) is 0 Å². The number of allylic oxidation sites excluding steroid dienone is 9. The Kier molecular flexibility index (Phi) is 6.54. The highest BCUT2D eigenvalue weighted by Gasteiger charge is 2.46. The monoisotopic (exact) mass is 380 g/mol. The Morgan fingerprint density at radius 2 is 1.69 bits per heavy atom. The lowest BCUT2D eigenvalue weighted by molar-refractivity contribution is 0.689. The van der Waals surface area contributed by atoms with Crippen LogP contribution >= 0.6 is 0 Å². The molecule has 0 amide bonds. The van der Waals surface area contributed by atoms with E-state index in [0.717, 1.165) is 6.42 Å². The third-order valence-corrected chi connectivity index (χ3v) is 5.81. The van der Waals surface area contributed by atoms with Crippen molar-refractivity contribution < 1.29 is 0 Å². The largest absolute Gasteiger partial charge is 0.0987 e. The molecule has 0 fully saturated rings. The molecule has 2 aliphatic rings. The minimum atomic E-state index is -0.301. The van der Waals surface area contributed by atoms with Gasteiger partial charge in [-0.25, -0.2) is 0 Å². The molecule has 2 atom stereocenters. The topological polar surface area (TPSA) is 0 Å². The van der Waals surface area contributed by atoms with Crippen molar-refractivity contribution in [2.45, 2.75) is 39.5 Å². The van der Waals surface area contributed by atoms with E-state index in [1.54, 1.807) is 0 Å². The van der Waals surface area contributed by atoms with Gasteiger partial charge >= 0.3 is 0 Å². The summed E-state index contributed by atoms with van der Waals surface area (Å²) in [5.41, 5.74) is 7.57. The van der Waals surface area contributed by atoms with Crippen LogP contribution in [-0.4, -0.2) is 0 Å². The molecular formula is C29H32. The van der Waals surface area contributed by atoms with E-state index in [1.807, 2.05) is 13.8 Å². The Labute approximate surface area is 176 Å². The van der Waals surface area contributed by atoms with Gasteiger partial charge in [0.15, 0.2) is 0 Å². The van der Waals surface area contributed by atoms with Crippen LogP contribution in [0.3, 0.4) is 0 Å². The Morgan fingerprint density at radius 3 is 2.31 bits per heavy atom. The Hall–Kier alpha value is -2.86. The molecule has 0 spiro atoms. The molecular weight excluding hydrogens is 348 g/mol. The number of hydrogen-bond acceptors (Lipinski definition) is 0. The summed E-state index contributed by atoms with van der Waals surface area (Å²) < 4.78 is 0. The maximum atomic E-state index is 4.25. The SMILES string of the molecule is C=CC1=C(/C=C\C)c2ccccc2C1(C1=CCC(C)C=C1)c1ccccc1.CC. The summed E-state index contributed by atoms with van der Waals surface area (Å²) in [7, 11) is 0. The first-order valence-electron chi connectivity index (χ1n) is 10.8. The lowest BCUT2D eigenvalue weighted by atomic mass is 9.65. The van der Waals surface area contributed by atoms with Crippen LogP contribution in [0.2, 0.25) is 0 Å². The van der Waals surface area contributed by atoms with E-state index >= 15 is 0 Å². The first kappa shape index (κ1) is 20.9. The third kappa shape index (κ3) is 3.38. The van der Waals surface area contributed by atoms with Gasteiger partial charge in [-0.2, -0.15) is 0 Å². The third-order valence-electron chi connectivity index (χ3n) is 5.81. The molecule has 4 rings (SSSR count). The normalized spacial score (nSPS) is 22.8. The molecule has 0 radical (unpaired) electrons. The number of benzene rings is 2. The minimum absolute atomic E-state index is 0.301. The predicted molar refractivity (Wildman–Crippen MR) is 128 cm³/mol. The van der Waals surface area contributed by atoms with Crippen molar-refractivity contribution in [2.75, 3.05) is 0 Å². The quantitative estimate of drug-likeness (QED) is 0.503. The standard InChI is InChI=1S/C27H26.C2H6/c1-4-11-23-24-14-9-10-15-26(24)27(25(23)5-2,21-12-7-6-8-13-21)22-18-16-20(3)17-19-22;1-2/h4-16,18-20H,2,17H2,1,3H3;1-2H3/b11-4-;. The average molecular weight is 381 g/mol. The van der Waals surface area contributed by atoms with E-state index < -0.39 is 0 Å². The number of hydrogen-bond donors (Lipinski definition) is 0. The molecule has 0 aromatic heterocycles. The summed E-state index contributed by atoms with van der Waals surface area (Å²) in [6.45, 7) is 12.6. The van der Waals surface area contributed by atoms with Crippen LogP contribution in [0, 0.1) is 5.92 Å². The first-order chi connectivity index (χ1) is 14.2. The molecule has 2 aromatic carbocycles. The second kappa shape index (κ2) is 9.09. The smallest absolute Gasteiger partial charge is 0.0710 e. The predicted octanol–water partition coefficient (Wildman–Crippen LogP) is 8.05. The number of rotatable bonds is 4. The summed E-state index contributed by atoms with van der Waals surface area (Å²) >= 11 is 0. The molecule has 0 aliphatic heterocycles. The van der Waals surface area contributed by atoms with Crippen LogP contribution in [0.25, 0.3) is 5.57 Å². The van der Waals surface area contributed by atoms with Crippen molar-refractivity contribution in [2.24, 2.45) is 5.92 Å². The zero-order chi connectivity index (χ0) is 20.9. The van der Waals surface area contributed by atoms with E-state index in [-0.39, 0.29) is 5.41 Å². The van der Waals surface area contributed by atoms with Crippen molar-refractivity contribution in [3.63, 3.8) is 0 Å². The summed E-state index contributed by atoms with van der Waals surface area (Å²) in [6, 6.07) is 19.7. The zero-order valence-electron chi connectivity index (χ0n) is 18.2. The van der Waals surface area contributed by atoms with Crippen molar-refractivity contribution in [3.05, 3.63) is 125 Å². The van der Waals surface area contributed by atoms with Crippen LogP contribution in [0.5, 0.6) is 0 Å². The maximum Gasteiger partial charge on any atom is 0.0710 e. The Morgan fingerprint density at radius 1 is 1.00 bits per heavy atom. The highest BCUT2D eigenvalue weighted by Crippen LogP contribution is 2.56. The van der Waals surface area contributed by atoms with Gasteiger partial charge in [-0.3, -0.25) is 0 Å². The van der Waals surface area contributed by atoms with Gasteiger partial charge in [-0.15, -0.1) is 0 Å². The van der Waals surface area contributed by atoms with Gasteiger partial charge in [-0.05, 0) is 52.7 Å². The van der Waals surface area contributed by atoms with Crippen molar-refractivity contribution in [1.29, 1.82) is 0 Å². The van der Waals surface area contributed by atoms with Crippen LogP contribution in [0.1, 0.15) is 50.8 Å². The van der Waals surface area contributed by atoms with Crippen LogP contribution < -0.4 is 0 Å². The lowest BCUT2D eigenvalue weighted by Crippen LogP contribution is -2.30. The molecule has 0 saturated heterocycles. The molecule has 0 nitrogen and oxygen atoms in total. The maximum absolute atomic E-state index is 4.25. The van der Waals surface area contributed by atoms with Gasteiger partial charge in [0.05, 0.1) is 5.41 Å². The van der Waals surface area contributed by atoms with E-state index in [4.69, 9.17) is 0 Å². The lowest BCUT2D eigenvalue weighted by Gasteiger charge is -2.37. The molecule has 2 aromatic rings. The molecule has 0 saturated carbocycles. The van der Waals surface area contributed by atoms with E-state index in [2.05, 4.69) is 111 Å². The van der Waals surface area contributed by atoms with Crippen LogP contribution in [0.4, 0.5) is 0 Å². The Bertz CT molecular complexity index is 982.